The van der Waals surface area contributed by atoms with Gasteiger partial charge < -0.3 is 25.1 Å². The largest absolute Gasteiger partial charge is 0.748 e. The van der Waals surface area contributed by atoms with Crippen molar-refractivity contribution in [1.82, 2.24) is 4.98 Å². The summed E-state index contributed by atoms with van der Waals surface area (Å²) in [6.45, 7) is 7.19. The first-order valence-corrected chi connectivity index (χ1v) is 29.1. The average molecular weight is 1140 g/mol. The molecule has 0 aliphatic carbocycles. The molecule has 1 aromatic heterocycles. The lowest BCUT2D eigenvalue weighted by molar-refractivity contribution is -0.777. The Morgan fingerprint density at radius 3 is 2.03 bits per heavy atom. The van der Waals surface area contributed by atoms with Crippen LogP contribution >= 0.6 is 24.1 Å². The summed E-state index contributed by atoms with van der Waals surface area (Å²) in [5, 5.41) is 38.8. The molecule has 5 aromatic rings. The normalized spacial score (nSPS) is 16.5. The van der Waals surface area contributed by atoms with E-state index in [4.69, 9.17) is 0 Å². The van der Waals surface area contributed by atoms with E-state index in [2.05, 4.69) is 23.7 Å². The highest BCUT2D eigenvalue weighted by Gasteiger charge is 2.46. The lowest BCUT2D eigenvalue weighted by Gasteiger charge is -2.27. The molecular formula is C45H43N3O20S6-2. The van der Waals surface area contributed by atoms with Gasteiger partial charge in [0.1, 0.15) is 11.4 Å². The summed E-state index contributed by atoms with van der Waals surface area (Å²) in [6.07, 6.45) is 7.88. The van der Waals surface area contributed by atoms with E-state index in [0.29, 0.717) is 69.2 Å². The van der Waals surface area contributed by atoms with Crippen molar-refractivity contribution in [2.24, 2.45) is 0 Å². The smallest absolute Gasteiger partial charge is 0.337 e. The summed E-state index contributed by atoms with van der Waals surface area (Å²) in [4.78, 5) is 15.9. The van der Waals surface area contributed by atoms with Crippen molar-refractivity contribution in [1.29, 1.82) is 0 Å². The van der Waals surface area contributed by atoms with Gasteiger partial charge in [-0.15, -0.1) is 0 Å². The van der Waals surface area contributed by atoms with Gasteiger partial charge in [-0.1, -0.05) is 26.0 Å². The van der Waals surface area contributed by atoms with Crippen LogP contribution in [0.4, 0.5) is 11.4 Å². The Labute approximate surface area is 432 Å². The van der Waals surface area contributed by atoms with E-state index in [0.717, 1.165) is 30.4 Å². The second kappa shape index (κ2) is 21.4. The number of anilines is 1. The highest BCUT2D eigenvalue weighted by Crippen LogP contribution is 2.52. The first-order chi connectivity index (χ1) is 34.5. The molecule has 23 nitrogen and oxygen atoms in total. The molecule has 0 saturated heterocycles. The van der Waals surface area contributed by atoms with Crippen molar-refractivity contribution in [3.63, 3.8) is 0 Å². The number of pyridine rings is 1. The van der Waals surface area contributed by atoms with Crippen LogP contribution in [0, 0.1) is 0 Å². The van der Waals surface area contributed by atoms with E-state index in [1.165, 1.54) is 30.3 Å². The maximum absolute atomic E-state index is 12.7. The molecule has 0 unspecified atom stereocenters. The molecule has 2 aliphatic heterocycles. The summed E-state index contributed by atoms with van der Waals surface area (Å²) in [7, 11) is -19.7. The molecular weight excluding hydrogens is 1090 g/mol. The molecule has 7 rings (SSSR count). The van der Waals surface area contributed by atoms with Crippen molar-refractivity contribution in [3.8, 4) is 0 Å². The quantitative estimate of drug-likeness (QED) is 0.0144. The molecule has 0 amide bonds. The molecule has 3 heterocycles. The minimum atomic E-state index is -5.11. The summed E-state index contributed by atoms with van der Waals surface area (Å²) < 4.78 is 153. The Kier molecular flexibility index (Phi) is 16.4. The number of carboxylic acid groups (broad SMARTS) is 1. The van der Waals surface area contributed by atoms with Crippen LogP contribution in [-0.2, 0) is 70.0 Å². The summed E-state index contributed by atoms with van der Waals surface area (Å²) >= 11 is 1.17. The topological polar surface area (TPSA) is 360 Å². The van der Waals surface area contributed by atoms with Gasteiger partial charge in [0, 0.05) is 93.1 Å². The van der Waals surface area contributed by atoms with Gasteiger partial charge in [0.05, 0.1) is 48.6 Å². The Morgan fingerprint density at radius 1 is 0.784 bits per heavy atom. The summed E-state index contributed by atoms with van der Waals surface area (Å²) in [5.74, 6) is -1.80. The van der Waals surface area contributed by atoms with Crippen LogP contribution in [0.15, 0.2) is 116 Å². The Balaban J connectivity index is 1.46. The fraction of sp³-hybridized carbons (Fsp3) is 0.267. The number of hydrogen-bond acceptors (Lipinski definition) is 20. The first kappa shape index (κ1) is 56.5. The Bertz CT molecular complexity index is 3690. The third-order valence-corrected chi connectivity index (χ3v) is 17.0. The summed E-state index contributed by atoms with van der Waals surface area (Å²) in [6, 6.07) is 13.0. The van der Waals surface area contributed by atoms with Gasteiger partial charge in [0.15, 0.2) is 5.71 Å². The molecule has 0 bridgehead atoms. The van der Waals surface area contributed by atoms with Crippen LogP contribution in [0.25, 0.3) is 27.1 Å². The van der Waals surface area contributed by atoms with E-state index < -0.39 is 77.7 Å². The minimum absolute atomic E-state index is 0.0200. The van der Waals surface area contributed by atoms with Gasteiger partial charge in [0.25, 0.3) is 30.4 Å². The molecule has 0 fully saturated rings. The van der Waals surface area contributed by atoms with Gasteiger partial charge in [-0.3, -0.25) is 28.7 Å². The van der Waals surface area contributed by atoms with Gasteiger partial charge >= 0.3 is 5.97 Å². The van der Waals surface area contributed by atoms with E-state index >= 15 is 0 Å². The van der Waals surface area contributed by atoms with Gasteiger partial charge in [-0.2, -0.15) is 38.5 Å². The number of carboxylic acids is 1. The lowest BCUT2D eigenvalue weighted by Crippen LogP contribution is -2.28. The number of hydrogen-bond donors (Lipinski definition) is 4. The van der Waals surface area contributed by atoms with Gasteiger partial charge in [-0.05, 0) is 103 Å². The van der Waals surface area contributed by atoms with E-state index in [1.807, 2.05) is 18.4 Å². The molecule has 29 heteroatoms. The molecule has 0 saturated carbocycles. The highest BCUT2D eigenvalue weighted by molar-refractivity contribution is 7.95. The predicted molar refractivity (Wildman–Crippen MR) is 263 cm³/mol. The second-order valence-corrected chi connectivity index (χ2v) is 25.0. The van der Waals surface area contributed by atoms with Crippen LogP contribution in [0.1, 0.15) is 67.7 Å². The van der Waals surface area contributed by atoms with E-state index in [-0.39, 0.29) is 57.8 Å². The first-order valence-electron chi connectivity index (χ1n) is 21.5. The van der Waals surface area contributed by atoms with Crippen LogP contribution < -0.4 is 15.4 Å². The molecule has 0 spiro atoms. The molecule has 0 atom stereocenters. The van der Waals surface area contributed by atoms with Crippen molar-refractivity contribution < 1.29 is 95.6 Å². The Morgan fingerprint density at radius 2 is 1.43 bits per heavy atom. The van der Waals surface area contributed by atoms with Crippen molar-refractivity contribution in [2.75, 3.05) is 29.5 Å². The summed E-state index contributed by atoms with van der Waals surface area (Å²) in [5.41, 5.74) is 0.815. The van der Waals surface area contributed by atoms with Crippen LogP contribution in [0.5, 0.6) is 0 Å². The number of carbonyl (C=O) groups is 1. The van der Waals surface area contributed by atoms with Crippen molar-refractivity contribution in [2.45, 2.75) is 70.9 Å². The van der Waals surface area contributed by atoms with Crippen molar-refractivity contribution >= 4 is 115 Å². The van der Waals surface area contributed by atoms with Gasteiger partial charge in [0.2, 0.25) is 5.69 Å². The molecule has 4 aromatic carbocycles. The number of aromatic carboxylic acids is 1. The number of nitrogens with zero attached hydrogens (tertiary/aromatic N) is 3. The maximum atomic E-state index is 12.7. The SMILES string of the molecule is CC1(C)C(/C=C/C(=C/C=C2/N(CCCS(=O)(=O)[O-])c3ccc4c(S(=O)(=O)O)cc(S(=O)(=O)O)cc4c3C2(C)C)c2ccc(C(=O)O)cn2)=[N+](CCCSOO[O-])c2ccc3c(SOO[O-])cc(S(=O)(=O)O)cc3c21. The highest BCUT2D eigenvalue weighted by atomic mass is 32.2. The minimum Gasteiger partial charge on any atom is -0.748 e. The number of rotatable bonds is 21. The number of aromatic nitrogens is 1. The second-order valence-electron chi connectivity index (χ2n) is 17.7. The van der Waals surface area contributed by atoms with Crippen LogP contribution in [-0.4, -0.2) is 103 Å². The number of allylic oxidation sites excluding steroid dienone is 6. The molecule has 4 N–H and O–H groups in total. The van der Waals surface area contributed by atoms with Crippen LogP contribution in [0.2, 0.25) is 0 Å². The zero-order valence-corrected chi connectivity index (χ0v) is 43.9. The Hall–Kier alpha value is -5.19. The maximum Gasteiger partial charge on any atom is 0.337 e. The monoisotopic (exact) mass is 1140 g/mol. The van der Waals surface area contributed by atoms with Crippen LogP contribution in [0.3, 0.4) is 0 Å². The fourth-order valence-electron chi connectivity index (χ4n) is 9.38. The average Bonchev–Trinajstić information content (AvgIpc) is 3.66. The zero-order chi connectivity index (χ0) is 54.3. The predicted octanol–water partition coefficient (Wildman–Crippen LogP) is 4.95. The standard InChI is InChI=1S/C45H45N3O20S6/c1-44(2)39(47(17-5-19-69-67-65-51)35-13-10-30-32(41(35)44)21-28(72(56,57)58)23-37(30)70-68-66-52)15-8-26(34-12-7-27(25-46-34)43(49)50)9-16-40-45(3,4)42-33-22-29(73(59,60)61)24-38(74(62,63)64)31(33)11-14-36(42)48(40)18-6-20-71(53,54)55/h7-16,21-25H,5-6,17-20H2,1-4H3,(H6-,49,50,51,52,53,54,55,56,57,58,59,60,61,62,63,64)/p-2. The van der Waals surface area contributed by atoms with Crippen molar-refractivity contribution in [3.05, 3.63) is 119 Å². The molecule has 2 aliphatic rings. The third kappa shape index (κ3) is 11.8. The van der Waals surface area contributed by atoms with E-state index in [9.17, 15) is 72.3 Å². The molecule has 396 valence electrons. The number of benzene rings is 4. The number of fused-ring (bicyclic) bond motifs is 6. The third-order valence-electron chi connectivity index (χ3n) is 12.4. The van der Waals surface area contributed by atoms with E-state index in [1.54, 1.807) is 55.2 Å². The van der Waals surface area contributed by atoms with Gasteiger partial charge in [-0.25, -0.2) is 13.2 Å². The molecule has 0 radical (unpaired) electrons. The zero-order valence-electron chi connectivity index (χ0n) is 39.0. The molecule has 74 heavy (non-hydrogen) atoms. The fourth-order valence-corrected chi connectivity index (χ4v) is 12.7. The lowest BCUT2D eigenvalue weighted by atomic mass is 9.79.